The molecular weight excluding hydrogens is 132 g/mol. The fourth-order valence-electron chi connectivity index (χ4n) is 0.629. The van der Waals surface area contributed by atoms with Crippen molar-refractivity contribution in [1.29, 1.82) is 0 Å². The van der Waals surface area contributed by atoms with Crippen LogP contribution in [0, 0.1) is 0 Å². The number of H-pyrrole nitrogens is 1. The minimum absolute atomic E-state index is 0.124. The standard InChI is InChI=1S/C6H8N2O2/c7-10-4-5-1-2-6(9)8-3-5/h1-3H,4,7H2,(H,8,9). The van der Waals surface area contributed by atoms with Crippen molar-refractivity contribution < 1.29 is 4.84 Å². The van der Waals surface area contributed by atoms with Crippen molar-refractivity contribution in [3.8, 4) is 0 Å². The Bertz CT molecular complexity index is 236. The molecule has 10 heavy (non-hydrogen) atoms. The third-order valence-corrected chi connectivity index (χ3v) is 1.10. The van der Waals surface area contributed by atoms with Crippen LogP contribution in [0.1, 0.15) is 5.56 Å². The van der Waals surface area contributed by atoms with E-state index in [2.05, 4.69) is 9.82 Å². The lowest BCUT2D eigenvalue weighted by molar-refractivity contribution is 0.124. The minimum atomic E-state index is -0.124. The van der Waals surface area contributed by atoms with E-state index in [0.29, 0.717) is 6.61 Å². The summed E-state index contributed by atoms with van der Waals surface area (Å²) in [6, 6.07) is 3.08. The van der Waals surface area contributed by atoms with Gasteiger partial charge in [0.25, 0.3) is 0 Å². The van der Waals surface area contributed by atoms with Crippen molar-refractivity contribution in [2.24, 2.45) is 5.90 Å². The highest BCUT2D eigenvalue weighted by Crippen LogP contribution is 1.92. The van der Waals surface area contributed by atoms with Gasteiger partial charge in [0.05, 0.1) is 6.61 Å². The quantitative estimate of drug-likeness (QED) is 0.557. The van der Waals surface area contributed by atoms with Gasteiger partial charge in [-0.15, -0.1) is 0 Å². The predicted molar refractivity (Wildman–Crippen MR) is 36.0 cm³/mol. The van der Waals surface area contributed by atoms with Gasteiger partial charge >= 0.3 is 0 Å². The van der Waals surface area contributed by atoms with Gasteiger partial charge in [-0.25, -0.2) is 5.90 Å². The van der Waals surface area contributed by atoms with Crippen LogP contribution < -0.4 is 11.5 Å². The van der Waals surface area contributed by atoms with E-state index in [1.54, 1.807) is 12.3 Å². The molecule has 0 amide bonds. The highest BCUT2D eigenvalue weighted by molar-refractivity contribution is 5.06. The summed E-state index contributed by atoms with van der Waals surface area (Å²) >= 11 is 0. The summed E-state index contributed by atoms with van der Waals surface area (Å²) in [6.45, 7) is 0.316. The topological polar surface area (TPSA) is 68.1 Å². The molecule has 0 saturated carbocycles. The maximum atomic E-state index is 10.5. The van der Waals surface area contributed by atoms with Gasteiger partial charge < -0.3 is 4.98 Å². The maximum absolute atomic E-state index is 10.5. The molecule has 0 fully saturated rings. The minimum Gasteiger partial charge on any atom is -0.329 e. The second kappa shape index (κ2) is 3.14. The van der Waals surface area contributed by atoms with E-state index < -0.39 is 0 Å². The first-order valence-electron chi connectivity index (χ1n) is 2.82. The first-order valence-corrected chi connectivity index (χ1v) is 2.82. The van der Waals surface area contributed by atoms with Crippen LogP contribution in [-0.2, 0) is 11.4 Å². The summed E-state index contributed by atoms with van der Waals surface area (Å²) in [5.41, 5.74) is 0.725. The molecule has 1 aromatic heterocycles. The van der Waals surface area contributed by atoms with E-state index in [4.69, 9.17) is 5.90 Å². The summed E-state index contributed by atoms with van der Waals surface area (Å²) in [6.07, 6.45) is 1.56. The fraction of sp³-hybridized carbons (Fsp3) is 0.167. The molecular formula is C6H8N2O2. The maximum Gasteiger partial charge on any atom is 0.247 e. The summed E-state index contributed by atoms with van der Waals surface area (Å²) in [7, 11) is 0. The van der Waals surface area contributed by atoms with Crippen LogP contribution in [0.4, 0.5) is 0 Å². The molecule has 1 heterocycles. The Morgan fingerprint density at radius 3 is 2.90 bits per heavy atom. The number of nitrogens with two attached hydrogens (primary N) is 1. The molecule has 0 radical (unpaired) electrons. The second-order valence-electron chi connectivity index (χ2n) is 1.87. The van der Waals surface area contributed by atoms with Crippen molar-refractivity contribution in [1.82, 2.24) is 4.98 Å². The van der Waals surface area contributed by atoms with Crippen LogP contribution in [-0.4, -0.2) is 4.98 Å². The zero-order valence-corrected chi connectivity index (χ0v) is 5.33. The van der Waals surface area contributed by atoms with Crippen molar-refractivity contribution in [3.05, 3.63) is 34.2 Å². The number of pyridine rings is 1. The Kier molecular flexibility index (Phi) is 2.20. The van der Waals surface area contributed by atoms with E-state index in [1.165, 1.54) is 6.07 Å². The average molecular weight is 140 g/mol. The summed E-state index contributed by atoms with van der Waals surface area (Å²) in [4.78, 5) is 17.3. The molecule has 4 nitrogen and oxygen atoms in total. The van der Waals surface area contributed by atoms with Crippen molar-refractivity contribution in [3.63, 3.8) is 0 Å². The SMILES string of the molecule is NOCc1ccc(=O)[nH]c1. The smallest absolute Gasteiger partial charge is 0.247 e. The highest BCUT2D eigenvalue weighted by Gasteiger charge is 1.88. The van der Waals surface area contributed by atoms with Gasteiger partial charge in [0.1, 0.15) is 0 Å². The number of aromatic nitrogens is 1. The van der Waals surface area contributed by atoms with Gasteiger partial charge in [-0.1, -0.05) is 0 Å². The monoisotopic (exact) mass is 140 g/mol. The van der Waals surface area contributed by atoms with E-state index in [0.717, 1.165) is 5.56 Å². The lowest BCUT2D eigenvalue weighted by Gasteiger charge is -1.94. The molecule has 0 aromatic carbocycles. The van der Waals surface area contributed by atoms with Crippen LogP contribution in [0.3, 0.4) is 0 Å². The molecule has 0 aliphatic rings. The van der Waals surface area contributed by atoms with Gasteiger partial charge in [-0.3, -0.25) is 9.63 Å². The van der Waals surface area contributed by atoms with Gasteiger partial charge in [-0.2, -0.15) is 0 Å². The zero-order valence-electron chi connectivity index (χ0n) is 5.33. The Hall–Kier alpha value is -1.13. The molecule has 0 unspecified atom stereocenters. The third-order valence-electron chi connectivity index (χ3n) is 1.10. The molecule has 0 aliphatic heterocycles. The number of hydrogen-bond donors (Lipinski definition) is 2. The normalized spacial score (nSPS) is 9.70. The number of rotatable bonds is 2. The molecule has 1 aromatic rings. The molecule has 4 heteroatoms. The van der Waals surface area contributed by atoms with Gasteiger partial charge in [0.15, 0.2) is 0 Å². The van der Waals surface area contributed by atoms with Crippen LogP contribution in [0.2, 0.25) is 0 Å². The second-order valence-corrected chi connectivity index (χ2v) is 1.87. The van der Waals surface area contributed by atoms with Crippen LogP contribution in [0.25, 0.3) is 0 Å². The van der Waals surface area contributed by atoms with Gasteiger partial charge in [-0.05, 0) is 11.6 Å². The molecule has 54 valence electrons. The van der Waals surface area contributed by atoms with Crippen molar-refractivity contribution in [2.45, 2.75) is 6.61 Å². The van der Waals surface area contributed by atoms with Crippen LogP contribution >= 0.6 is 0 Å². The van der Waals surface area contributed by atoms with E-state index in [-0.39, 0.29) is 5.56 Å². The number of nitrogens with one attached hydrogen (secondary N) is 1. The number of hydrogen-bond acceptors (Lipinski definition) is 3. The third kappa shape index (κ3) is 1.68. The Morgan fingerprint density at radius 2 is 2.40 bits per heavy atom. The average Bonchev–Trinajstić information content (AvgIpc) is 1.95. The van der Waals surface area contributed by atoms with Gasteiger partial charge in [0.2, 0.25) is 5.56 Å². The van der Waals surface area contributed by atoms with Crippen molar-refractivity contribution in [2.75, 3.05) is 0 Å². The summed E-state index contributed by atoms with van der Waals surface area (Å²) in [5.74, 6) is 4.81. The molecule has 3 N–H and O–H groups in total. The molecule has 0 saturated heterocycles. The highest BCUT2D eigenvalue weighted by atomic mass is 16.6. The number of aromatic amines is 1. The fourth-order valence-corrected chi connectivity index (χ4v) is 0.629. The first kappa shape index (κ1) is 6.98. The van der Waals surface area contributed by atoms with Gasteiger partial charge in [0, 0.05) is 12.3 Å². The largest absolute Gasteiger partial charge is 0.329 e. The first-order chi connectivity index (χ1) is 4.83. The Morgan fingerprint density at radius 1 is 1.60 bits per heavy atom. The van der Waals surface area contributed by atoms with Crippen LogP contribution in [0.15, 0.2) is 23.1 Å². The summed E-state index contributed by atoms with van der Waals surface area (Å²) in [5, 5.41) is 0. The lowest BCUT2D eigenvalue weighted by Crippen LogP contribution is -2.05. The predicted octanol–water partition coefficient (Wildman–Crippen LogP) is -0.235. The molecule has 0 bridgehead atoms. The molecule has 1 rings (SSSR count). The summed E-state index contributed by atoms with van der Waals surface area (Å²) < 4.78 is 0. The Balaban J connectivity index is 2.79. The van der Waals surface area contributed by atoms with Crippen LogP contribution in [0.5, 0.6) is 0 Å². The molecule has 0 spiro atoms. The Labute approximate surface area is 57.6 Å². The van der Waals surface area contributed by atoms with E-state index in [1.807, 2.05) is 0 Å². The molecule has 0 aliphatic carbocycles. The zero-order chi connectivity index (χ0) is 7.40. The lowest BCUT2D eigenvalue weighted by atomic mass is 10.3. The van der Waals surface area contributed by atoms with E-state index in [9.17, 15) is 4.79 Å². The van der Waals surface area contributed by atoms with Crippen molar-refractivity contribution >= 4 is 0 Å². The molecule has 0 atom stereocenters. The van der Waals surface area contributed by atoms with E-state index >= 15 is 0 Å².